The van der Waals surface area contributed by atoms with Gasteiger partial charge in [0.25, 0.3) is 5.91 Å². The Balaban J connectivity index is 1.91. The average Bonchev–Trinajstić information content (AvgIpc) is 2.55. The summed E-state index contributed by atoms with van der Waals surface area (Å²) in [4.78, 5) is 13.1. The minimum atomic E-state index is -3.90. The molecule has 5 nitrogen and oxygen atoms in total. The van der Waals surface area contributed by atoms with E-state index in [1.54, 1.807) is 25.1 Å². The monoisotopic (exact) mass is 380 g/mol. The number of carbonyl (C=O) groups excluding carboxylic acids is 1. The van der Waals surface area contributed by atoms with Gasteiger partial charge in [-0.25, -0.2) is 17.9 Å². The first kappa shape index (κ1) is 17.9. The number of benzene rings is 2. The lowest BCUT2D eigenvalue weighted by Gasteiger charge is -2.26. The number of nitrogens with two attached hydrogens (primary N) is 1. The summed E-state index contributed by atoms with van der Waals surface area (Å²) >= 11 is 1.43. The van der Waals surface area contributed by atoms with E-state index in [1.165, 1.54) is 30.0 Å². The third-order valence-corrected chi connectivity index (χ3v) is 6.18. The normalized spacial score (nSPS) is 17.0. The van der Waals surface area contributed by atoms with Crippen molar-refractivity contribution in [1.82, 2.24) is 5.32 Å². The largest absolute Gasteiger partial charge is 0.345 e. The van der Waals surface area contributed by atoms with Crippen molar-refractivity contribution in [2.75, 3.05) is 5.75 Å². The number of fused-ring (bicyclic) bond motifs is 1. The zero-order valence-electron chi connectivity index (χ0n) is 13.5. The smallest absolute Gasteiger partial charge is 0.252 e. The lowest BCUT2D eigenvalue weighted by atomic mass is 10.0. The summed E-state index contributed by atoms with van der Waals surface area (Å²) < 4.78 is 37.0. The van der Waals surface area contributed by atoms with E-state index in [-0.39, 0.29) is 22.3 Å². The van der Waals surface area contributed by atoms with Crippen LogP contribution in [0.4, 0.5) is 4.39 Å². The molecule has 0 aliphatic carbocycles. The van der Waals surface area contributed by atoms with Crippen LogP contribution in [-0.2, 0) is 10.0 Å². The zero-order valence-corrected chi connectivity index (χ0v) is 15.1. The van der Waals surface area contributed by atoms with Crippen molar-refractivity contribution in [1.29, 1.82) is 0 Å². The van der Waals surface area contributed by atoms with Crippen LogP contribution in [0.3, 0.4) is 0 Å². The van der Waals surface area contributed by atoms with Gasteiger partial charge < -0.3 is 5.32 Å². The first-order valence-corrected chi connectivity index (χ1v) is 10.2. The molecule has 3 rings (SSSR count). The highest BCUT2D eigenvalue weighted by atomic mass is 32.2. The van der Waals surface area contributed by atoms with E-state index in [0.29, 0.717) is 22.6 Å². The quantitative estimate of drug-likeness (QED) is 0.857. The molecule has 1 amide bonds. The summed E-state index contributed by atoms with van der Waals surface area (Å²) in [7, 11) is -3.90. The fourth-order valence-corrected chi connectivity index (χ4v) is 4.48. The number of sulfonamides is 1. The second kappa shape index (κ2) is 6.78. The fraction of sp³-hybridized carbons (Fsp3) is 0.235. The van der Waals surface area contributed by atoms with Crippen molar-refractivity contribution in [2.24, 2.45) is 5.14 Å². The Kier molecular flexibility index (Phi) is 4.86. The third kappa shape index (κ3) is 3.70. The molecule has 0 aromatic heterocycles. The average molecular weight is 380 g/mol. The van der Waals surface area contributed by atoms with Gasteiger partial charge in [-0.15, -0.1) is 11.8 Å². The molecule has 1 heterocycles. The van der Waals surface area contributed by atoms with Crippen LogP contribution in [-0.4, -0.2) is 20.1 Å². The number of hydrogen-bond donors (Lipinski definition) is 2. The molecule has 0 saturated carbocycles. The van der Waals surface area contributed by atoms with Crippen LogP contribution >= 0.6 is 11.8 Å². The van der Waals surface area contributed by atoms with Crippen LogP contribution < -0.4 is 10.5 Å². The van der Waals surface area contributed by atoms with Gasteiger partial charge in [0, 0.05) is 16.2 Å². The summed E-state index contributed by atoms with van der Waals surface area (Å²) in [5.74, 6) is -0.0151. The van der Waals surface area contributed by atoms with Gasteiger partial charge in [0.2, 0.25) is 10.0 Å². The maximum Gasteiger partial charge on any atom is 0.252 e. The van der Waals surface area contributed by atoms with Crippen molar-refractivity contribution in [3.63, 3.8) is 0 Å². The van der Waals surface area contributed by atoms with E-state index in [2.05, 4.69) is 5.32 Å². The Labute approximate surface area is 149 Å². The summed E-state index contributed by atoms with van der Waals surface area (Å²) in [5.41, 5.74) is 1.61. The summed E-state index contributed by atoms with van der Waals surface area (Å²) in [6, 6.07) is 8.66. The van der Waals surface area contributed by atoms with Crippen LogP contribution in [0.15, 0.2) is 46.2 Å². The number of rotatable bonds is 3. The number of halogens is 1. The highest BCUT2D eigenvalue weighted by molar-refractivity contribution is 7.99. The maximum atomic E-state index is 13.9. The minimum absolute atomic E-state index is 0.117. The third-order valence-electron chi connectivity index (χ3n) is 4.11. The van der Waals surface area contributed by atoms with Gasteiger partial charge in [0.05, 0.1) is 10.9 Å². The number of aryl methyl sites for hydroxylation is 1. The van der Waals surface area contributed by atoms with Crippen molar-refractivity contribution in [3.05, 3.63) is 58.9 Å². The Morgan fingerprint density at radius 3 is 2.80 bits per heavy atom. The second-order valence-corrected chi connectivity index (χ2v) is 8.51. The van der Waals surface area contributed by atoms with Gasteiger partial charge in [0.1, 0.15) is 5.82 Å². The highest BCUT2D eigenvalue weighted by Crippen LogP contribution is 2.37. The van der Waals surface area contributed by atoms with E-state index >= 15 is 0 Å². The molecule has 2 aromatic carbocycles. The van der Waals surface area contributed by atoms with Crippen molar-refractivity contribution < 1.29 is 17.6 Å². The first-order chi connectivity index (χ1) is 11.8. The Morgan fingerprint density at radius 2 is 2.08 bits per heavy atom. The van der Waals surface area contributed by atoms with Crippen LogP contribution in [0, 0.1) is 12.7 Å². The molecule has 3 N–H and O–H groups in total. The van der Waals surface area contributed by atoms with Crippen LogP contribution in [0.25, 0.3) is 0 Å². The molecule has 1 aliphatic heterocycles. The Hall–Kier alpha value is -1.90. The number of nitrogens with one attached hydrogen (secondary N) is 1. The summed E-state index contributed by atoms with van der Waals surface area (Å²) in [6.07, 6.45) is 0.667. The van der Waals surface area contributed by atoms with E-state index in [1.807, 2.05) is 0 Å². The zero-order chi connectivity index (χ0) is 18.2. The molecule has 25 heavy (non-hydrogen) atoms. The molecular weight excluding hydrogens is 363 g/mol. The van der Waals surface area contributed by atoms with Gasteiger partial charge in [0.15, 0.2) is 0 Å². The first-order valence-electron chi connectivity index (χ1n) is 7.63. The molecule has 0 fully saturated rings. The van der Waals surface area contributed by atoms with Crippen molar-refractivity contribution in [2.45, 2.75) is 29.2 Å². The minimum Gasteiger partial charge on any atom is -0.345 e. The predicted molar refractivity (Wildman–Crippen MR) is 94.5 cm³/mol. The molecule has 0 radical (unpaired) electrons. The molecule has 132 valence electrons. The Bertz CT molecular complexity index is 945. The van der Waals surface area contributed by atoms with E-state index in [9.17, 15) is 17.6 Å². The van der Waals surface area contributed by atoms with Gasteiger partial charge in [-0.05, 0) is 42.7 Å². The van der Waals surface area contributed by atoms with E-state index in [0.717, 1.165) is 5.56 Å². The summed E-state index contributed by atoms with van der Waals surface area (Å²) in [6.45, 7) is 1.71. The lowest BCUT2D eigenvalue weighted by molar-refractivity contribution is 0.0934. The summed E-state index contributed by atoms with van der Waals surface area (Å²) in [5, 5.41) is 8.02. The van der Waals surface area contributed by atoms with Gasteiger partial charge in [-0.2, -0.15) is 0 Å². The molecule has 0 saturated heterocycles. The molecular formula is C17H17FN2O3S2. The van der Waals surface area contributed by atoms with Crippen LogP contribution in [0.1, 0.15) is 33.9 Å². The van der Waals surface area contributed by atoms with Crippen LogP contribution in [0.5, 0.6) is 0 Å². The van der Waals surface area contributed by atoms with Crippen molar-refractivity contribution >= 4 is 27.7 Å². The molecule has 0 bridgehead atoms. The van der Waals surface area contributed by atoms with Gasteiger partial charge in [-0.3, -0.25) is 4.79 Å². The van der Waals surface area contributed by atoms with Gasteiger partial charge in [-0.1, -0.05) is 18.2 Å². The highest BCUT2D eigenvalue weighted by Gasteiger charge is 2.25. The molecule has 1 aliphatic rings. The van der Waals surface area contributed by atoms with E-state index in [4.69, 9.17) is 5.14 Å². The molecule has 2 aromatic rings. The predicted octanol–water partition coefficient (Wildman–Crippen LogP) is 2.75. The second-order valence-electron chi connectivity index (χ2n) is 5.84. The molecule has 1 atom stereocenters. The number of primary sulfonamides is 1. The number of hydrogen-bond acceptors (Lipinski definition) is 4. The SMILES string of the molecule is Cc1ccc(S(N)(=O)=O)cc1C(=O)N[C@H]1CCSc2c(F)cccc21. The number of amides is 1. The van der Waals surface area contributed by atoms with E-state index < -0.39 is 15.9 Å². The Morgan fingerprint density at radius 1 is 1.32 bits per heavy atom. The van der Waals surface area contributed by atoms with Crippen molar-refractivity contribution in [3.8, 4) is 0 Å². The lowest BCUT2D eigenvalue weighted by Crippen LogP contribution is -2.31. The number of carbonyl (C=O) groups is 1. The number of thioether (sulfide) groups is 1. The topological polar surface area (TPSA) is 89.3 Å². The standard InChI is InChI=1S/C17H17FN2O3S2/c1-10-5-6-11(25(19,22)23)9-13(10)17(21)20-15-7-8-24-16-12(15)3-2-4-14(16)18/h2-6,9,15H,7-8H2,1H3,(H,20,21)(H2,19,22,23)/t15-/m0/s1. The molecule has 8 heteroatoms. The molecule has 0 unspecified atom stereocenters. The fourth-order valence-electron chi connectivity index (χ4n) is 2.80. The molecule has 0 spiro atoms. The van der Waals surface area contributed by atoms with Crippen LogP contribution in [0.2, 0.25) is 0 Å². The van der Waals surface area contributed by atoms with Gasteiger partial charge >= 0.3 is 0 Å². The maximum absolute atomic E-state index is 13.9.